The zero-order valence-electron chi connectivity index (χ0n) is 13.7. The molecule has 0 saturated heterocycles. The third kappa shape index (κ3) is 5.03. The van der Waals surface area contributed by atoms with Crippen molar-refractivity contribution < 1.29 is 19.6 Å². The first kappa shape index (κ1) is 17.9. The summed E-state index contributed by atoms with van der Waals surface area (Å²) >= 11 is 0. The van der Waals surface area contributed by atoms with E-state index in [2.05, 4.69) is 10.5 Å². The van der Waals surface area contributed by atoms with Gasteiger partial charge in [-0.15, -0.1) is 0 Å². The van der Waals surface area contributed by atoms with Crippen LogP contribution in [0.2, 0.25) is 0 Å². The maximum atomic E-state index is 12.0. The number of benzene rings is 2. The number of hydrazone groups is 1. The van der Waals surface area contributed by atoms with Crippen LogP contribution < -0.4 is 10.2 Å². The lowest BCUT2D eigenvalue weighted by Crippen LogP contribution is -2.17. The van der Waals surface area contributed by atoms with Crippen LogP contribution >= 0.6 is 0 Å². The molecule has 2 rings (SSSR count). The lowest BCUT2D eigenvalue weighted by Gasteiger charge is -2.09. The highest BCUT2D eigenvalue weighted by atomic mass is 16.6. The number of hydrogen-bond donors (Lipinski definition) is 2. The topological polar surface area (TPSA) is 114 Å². The van der Waals surface area contributed by atoms with Crippen LogP contribution in [0.3, 0.4) is 0 Å². The standard InChI is InChI=1S/C17H17N3O5/c1-11(2)25-15-6-3-12(4-7-15)17(22)19-18-10-13-9-14(20(23)24)5-8-16(13)21/h3-11,21H,1-2H3,(H,19,22)/b18-10-. The maximum Gasteiger partial charge on any atom is 0.271 e. The monoisotopic (exact) mass is 343 g/mol. The van der Waals surface area contributed by atoms with E-state index in [-0.39, 0.29) is 23.1 Å². The van der Waals surface area contributed by atoms with Crippen molar-refractivity contribution in [2.24, 2.45) is 5.10 Å². The van der Waals surface area contributed by atoms with Gasteiger partial charge in [-0.25, -0.2) is 5.43 Å². The van der Waals surface area contributed by atoms with Gasteiger partial charge in [0.15, 0.2) is 0 Å². The predicted octanol–water partition coefficient (Wildman–Crippen LogP) is 2.85. The second-order valence-corrected chi connectivity index (χ2v) is 5.39. The van der Waals surface area contributed by atoms with Gasteiger partial charge in [-0.1, -0.05) is 0 Å². The smallest absolute Gasteiger partial charge is 0.271 e. The van der Waals surface area contributed by atoms with Crippen molar-refractivity contribution in [1.82, 2.24) is 5.43 Å². The number of hydrogen-bond acceptors (Lipinski definition) is 6. The normalized spacial score (nSPS) is 10.8. The van der Waals surface area contributed by atoms with Crippen LogP contribution in [0.15, 0.2) is 47.6 Å². The van der Waals surface area contributed by atoms with Crippen LogP contribution in [0, 0.1) is 10.1 Å². The van der Waals surface area contributed by atoms with Crippen molar-refractivity contribution >= 4 is 17.8 Å². The predicted molar refractivity (Wildman–Crippen MR) is 92.0 cm³/mol. The van der Waals surface area contributed by atoms with Crippen LogP contribution in [0.5, 0.6) is 11.5 Å². The second kappa shape index (κ2) is 7.91. The van der Waals surface area contributed by atoms with E-state index in [0.29, 0.717) is 11.3 Å². The molecule has 0 bridgehead atoms. The molecule has 0 aliphatic carbocycles. The highest BCUT2D eigenvalue weighted by Crippen LogP contribution is 2.21. The first-order valence-electron chi connectivity index (χ1n) is 7.44. The minimum Gasteiger partial charge on any atom is -0.507 e. The molecule has 0 heterocycles. The van der Waals surface area contributed by atoms with Gasteiger partial charge in [0, 0.05) is 23.3 Å². The third-order valence-corrected chi connectivity index (χ3v) is 3.08. The highest BCUT2D eigenvalue weighted by molar-refractivity contribution is 5.95. The molecule has 0 fully saturated rings. The molecule has 0 spiro atoms. The fourth-order valence-corrected chi connectivity index (χ4v) is 1.94. The van der Waals surface area contributed by atoms with Crippen molar-refractivity contribution in [2.45, 2.75) is 20.0 Å². The number of nitrogens with zero attached hydrogens (tertiary/aromatic N) is 2. The summed E-state index contributed by atoms with van der Waals surface area (Å²) in [6, 6.07) is 10.0. The number of nitro groups is 1. The van der Waals surface area contributed by atoms with Gasteiger partial charge < -0.3 is 9.84 Å². The molecule has 0 saturated carbocycles. The largest absolute Gasteiger partial charge is 0.507 e. The number of carbonyl (C=O) groups excluding carboxylic acids is 1. The summed E-state index contributed by atoms with van der Waals surface area (Å²) in [5.74, 6) is 0.00706. The van der Waals surface area contributed by atoms with E-state index in [1.54, 1.807) is 24.3 Å². The third-order valence-electron chi connectivity index (χ3n) is 3.08. The number of nitrogens with one attached hydrogen (secondary N) is 1. The van der Waals surface area contributed by atoms with E-state index in [1.807, 2.05) is 13.8 Å². The van der Waals surface area contributed by atoms with Crippen molar-refractivity contribution in [3.05, 3.63) is 63.7 Å². The summed E-state index contributed by atoms with van der Waals surface area (Å²) in [5, 5.41) is 24.1. The molecule has 25 heavy (non-hydrogen) atoms. The van der Waals surface area contributed by atoms with Crippen LogP contribution in [-0.2, 0) is 0 Å². The van der Waals surface area contributed by atoms with E-state index >= 15 is 0 Å². The van der Waals surface area contributed by atoms with Crippen LogP contribution in [-0.4, -0.2) is 28.3 Å². The molecule has 0 aliphatic heterocycles. The van der Waals surface area contributed by atoms with Gasteiger partial charge in [0.1, 0.15) is 11.5 Å². The average Bonchev–Trinajstić information content (AvgIpc) is 2.56. The highest BCUT2D eigenvalue weighted by Gasteiger charge is 2.09. The fraction of sp³-hybridized carbons (Fsp3) is 0.176. The number of non-ortho nitro benzene ring substituents is 1. The number of ether oxygens (including phenoxy) is 1. The molecule has 1 amide bonds. The summed E-state index contributed by atoms with van der Waals surface area (Å²) in [6.07, 6.45) is 1.17. The Morgan fingerprint density at radius 2 is 1.96 bits per heavy atom. The molecule has 2 N–H and O–H groups in total. The zero-order valence-corrected chi connectivity index (χ0v) is 13.7. The fourth-order valence-electron chi connectivity index (χ4n) is 1.94. The van der Waals surface area contributed by atoms with Gasteiger partial charge in [0.2, 0.25) is 0 Å². The van der Waals surface area contributed by atoms with Crippen molar-refractivity contribution in [2.75, 3.05) is 0 Å². The van der Waals surface area contributed by atoms with Crippen molar-refractivity contribution in [3.63, 3.8) is 0 Å². The SMILES string of the molecule is CC(C)Oc1ccc(C(=O)N/N=C\c2cc([N+](=O)[O-])ccc2O)cc1. The lowest BCUT2D eigenvalue weighted by molar-refractivity contribution is -0.384. The van der Waals surface area contributed by atoms with E-state index in [1.165, 1.54) is 12.1 Å². The Bertz CT molecular complexity index is 800. The summed E-state index contributed by atoms with van der Waals surface area (Å²) < 4.78 is 5.49. The van der Waals surface area contributed by atoms with E-state index in [0.717, 1.165) is 12.3 Å². The lowest BCUT2D eigenvalue weighted by atomic mass is 10.2. The average molecular weight is 343 g/mol. The molecule has 8 nitrogen and oxygen atoms in total. The van der Waals surface area contributed by atoms with Gasteiger partial charge in [0.05, 0.1) is 17.2 Å². The molecule has 0 unspecified atom stereocenters. The maximum absolute atomic E-state index is 12.0. The number of phenolic OH excluding ortho intramolecular Hbond substituents is 1. The molecule has 2 aromatic rings. The van der Waals surface area contributed by atoms with Gasteiger partial charge in [-0.2, -0.15) is 5.10 Å². The molecular formula is C17H17N3O5. The number of amides is 1. The van der Waals surface area contributed by atoms with Crippen molar-refractivity contribution in [3.8, 4) is 11.5 Å². The number of aromatic hydroxyl groups is 1. The molecule has 0 aliphatic rings. The number of rotatable bonds is 6. The van der Waals surface area contributed by atoms with Crippen LogP contribution in [0.1, 0.15) is 29.8 Å². The molecule has 8 heteroatoms. The minimum atomic E-state index is -0.587. The van der Waals surface area contributed by atoms with Crippen LogP contribution in [0.25, 0.3) is 0 Å². The molecule has 2 aromatic carbocycles. The molecule has 130 valence electrons. The Labute approximate surface area is 143 Å². The first-order chi connectivity index (χ1) is 11.9. The summed E-state index contributed by atoms with van der Waals surface area (Å²) in [4.78, 5) is 22.1. The molecule has 0 radical (unpaired) electrons. The van der Waals surface area contributed by atoms with Gasteiger partial charge in [-0.3, -0.25) is 14.9 Å². The Kier molecular flexibility index (Phi) is 5.67. The second-order valence-electron chi connectivity index (χ2n) is 5.39. The number of carbonyl (C=O) groups is 1. The molecular weight excluding hydrogens is 326 g/mol. The van der Waals surface area contributed by atoms with Gasteiger partial charge in [-0.05, 0) is 44.2 Å². The molecule has 0 atom stereocenters. The first-order valence-corrected chi connectivity index (χ1v) is 7.44. The summed E-state index contributed by atoms with van der Waals surface area (Å²) in [6.45, 7) is 3.80. The quantitative estimate of drug-likeness (QED) is 0.475. The zero-order chi connectivity index (χ0) is 18.4. The minimum absolute atomic E-state index is 0.0342. The van der Waals surface area contributed by atoms with Crippen molar-refractivity contribution in [1.29, 1.82) is 0 Å². The molecule has 0 aromatic heterocycles. The Morgan fingerprint density at radius 1 is 1.28 bits per heavy atom. The van der Waals surface area contributed by atoms with E-state index in [9.17, 15) is 20.0 Å². The summed E-state index contributed by atoms with van der Waals surface area (Å²) in [7, 11) is 0. The summed E-state index contributed by atoms with van der Waals surface area (Å²) in [5.41, 5.74) is 2.60. The Morgan fingerprint density at radius 3 is 2.56 bits per heavy atom. The van der Waals surface area contributed by atoms with E-state index in [4.69, 9.17) is 4.74 Å². The number of phenols is 1. The van der Waals surface area contributed by atoms with E-state index < -0.39 is 10.8 Å². The Balaban J connectivity index is 2.03. The van der Waals surface area contributed by atoms with Crippen LogP contribution in [0.4, 0.5) is 5.69 Å². The van der Waals surface area contributed by atoms with Gasteiger partial charge in [0.25, 0.3) is 11.6 Å². The van der Waals surface area contributed by atoms with Gasteiger partial charge >= 0.3 is 0 Å². The Hall–Kier alpha value is -3.42. The number of nitro benzene ring substituents is 1.